The van der Waals surface area contributed by atoms with Crippen molar-refractivity contribution in [3.8, 4) is 11.3 Å². The molecular weight excluding hydrogens is 402 g/mol. The Labute approximate surface area is 148 Å². The van der Waals surface area contributed by atoms with Crippen LogP contribution in [-0.4, -0.2) is 37.5 Å². The molecule has 0 aliphatic rings. The minimum atomic E-state index is -2.76. The molecule has 1 aromatic carbocycles. The average Bonchev–Trinajstić information content (AvgIpc) is 3.19. The normalized spacial score (nSPS) is 11.7. The summed E-state index contributed by atoms with van der Waals surface area (Å²) in [5, 5.41) is 18.5. The number of aromatic nitrogens is 5. The Morgan fingerprint density at radius 1 is 1.29 bits per heavy atom. The second-order valence-electron chi connectivity index (χ2n) is 4.61. The van der Waals surface area contributed by atoms with Crippen molar-refractivity contribution in [3.63, 3.8) is 0 Å². The van der Waals surface area contributed by atoms with E-state index in [9.17, 15) is 8.78 Å². The second-order valence-corrected chi connectivity index (χ2v) is 6.30. The van der Waals surface area contributed by atoms with Gasteiger partial charge in [0.25, 0.3) is 6.43 Å². The van der Waals surface area contributed by atoms with Gasteiger partial charge in [-0.2, -0.15) is 14.9 Å². The van der Waals surface area contributed by atoms with E-state index in [4.69, 9.17) is 0 Å². The van der Waals surface area contributed by atoms with Gasteiger partial charge in [-0.1, -0.05) is 39.8 Å². The van der Waals surface area contributed by atoms with Crippen molar-refractivity contribution in [2.24, 2.45) is 5.10 Å². The van der Waals surface area contributed by atoms with Crippen LogP contribution in [0.15, 0.2) is 45.2 Å². The molecule has 10 heteroatoms. The molecule has 1 N–H and O–H groups in total. The number of hydrogen-bond donors (Lipinski definition) is 1. The summed E-state index contributed by atoms with van der Waals surface area (Å²) in [5.74, 6) is -0.496. The summed E-state index contributed by atoms with van der Waals surface area (Å²) < 4.78 is 28.0. The number of aromatic amines is 1. The third-order valence-corrected chi connectivity index (χ3v) is 4.28. The summed E-state index contributed by atoms with van der Waals surface area (Å²) in [5.41, 5.74) is 2.31. The molecule has 3 aromatic rings. The molecule has 2 heterocycles. The van der Waals surface area contributed by atoms with Crippen molar-refractivity contribution in [1.29, 1.82) is 0 Å². The highest BCUT2D eigenvalue weighted by Gasteiger charge is 2.19. The number of rotatable bonds is 5. The highest BCUT2D eigenvalue weighted by atomic mass is 79.9. The molecule has 2 aromatic heterocycles. The highest BCUT2D eigenvalue weighted by Crippen LogP contribution is 2.24. The van der Waals surface area contributed by atoms with Crippen LogP contribution in [0.5, 0.6) is 0 Å². The van der Waals surface area contributed by atoms with Gasteiger partial charge >= 0.3 is 0 Å². The molecule has 0 aliphatic carbocycles. The molecule has 3 rings (SSSR count). The number of nitrogens with zero attached hydrogens (tertiary/aromatic N) is 5. The van der Waals surface area contributed by atoms with Crippen LogP contribution < -0.4 is 0 Å². The molecule has 0 atom stereocenters. The van der Waals surface area contributed by atoms with Crippen LogP contribution in [0.3, 0.4) is 0 Å². The van der Waals surface area contributed by atoms with Crippen LogP contribution in [0, 0.1) is 0 Å². The molecule has 0 bridgehead atoms. The minimum absolute atomic E-state index is 0.287. The average molecular weight is 413 g/mol. The quantitative estimate of drug-likeness (QED) is 0.508. The zero-order valence-electron chi connectivity index (χ0n) is 12.3. The van der Waals surface area contributed by atoms with Crippen LogP contribution in [0.1, 0.15) is 17.8 Å². The van der Waals surface area contributed by atoms with Gasteiger partial charge in [-0.3, -0.25) is 5.10 Å². The van der Waals surface area contributed by atoms with Gasteiger partial charge < -0.3 is 0 Å². The molecule has 6 nitrogen and oxygen atoms in total. The standard InChI is InChI=1S/C14H11BrF2N6S/c1-24-14-22-21-13(12(16)17)23(14)19-7-9-6-18-20-11(9)8-2-4-10(15)5-3-8/h2-7,12H,1H3,(H,18,20)/b19-7+. The molecule has 0 fully saturated rings. The number of nitrogens with one attached hydrogen (secondary N) is 1. The SMILES string of the molecule is CSc1nnc(C(F)F)n1/N=C/c1cn[nH]c1-c1ccc(Br)cc1. The van der Waals surface area contributed by atoms with Gasteiger partial charge in [-0.05, 0) is 18.4 Å². The summed E-state index contributed by atoms with van der Waals surface area (Å²) >= 11 is 4.57. The lowest BCUT2D eigenvalue weighted by atomic mass is 10.1. The summed E-state index contributed by atoms with van der Waals surface area (Å²) in [6.07, 6.45) is 1.99. The first-order valence-electron chi connectivity index (χ1n) is 6.71. The Kier molecular flexibility index (Phi) is 5.05. The smallest absolute Gasteiger partial charge is 0.277 e. The zero-order chi connectivity index (χ0) is 17.1. The van der Waals surface area contributed by atoms with Crippen LogP contribution >= 0.6 is 27.7 Å². The van der Waals surface area contributed by atoms with E-state index < -0.39 is 12.2 Å². The van der Waals surface area contributed by atoms with E-state index in [1.807, 2.05) is 24.3 Å². The summed E-state index contributed by atoms with van der Waals surface area (Å²) in [7, 11) is 0. The molecular formula is C14H11BrF2N6S. The zero-order valence-corrected chi connectivity index (χ0v) is 14.7. The maximum atomic E-state index is 13.0. The lowest BCUT2D eigenvalue weighted by Crippen LogP contribution is -2.00. The molecule has 0 aliphatic heterocycles. The van der Waals surface area contributed by atoms with E-state index in [2.05, 4.69) is 41.4 Å². The molecule has 0 saturated heterocycles. The van der Waals surface area contributed by atoms with E-state index in [0.29, 0.717) is 5.56 Å². The molecule has 0 spiro atoms. The van der Waals surface area contributed by atoms with Crippen molar-refractivity contribution in [3.05, 3.63) is 46.3 Å². The van der Waals surface area contributed by atoms with Crippen LogP contribution in [0.2, 0.25) is 0 Å². The van der Waals surface area contributed by atoms with Gasteiger partial charge in [0, 0.05) is 15.6 Å². The summed E-state index contributed by atoms with van der Waals surface area (Å²) in [6.45, 7) is 0. The van der Waals surface area contributed by atoms with Gasteiger partial charge in [0.1, 0.15) is 0 Å². The van der Waals surface area contributed by atoms with Crippen molar-refractivity contribution in [2.45, 2.75) is 11.6 Å². The Bertz CT molecular complexity index is 859. The fraction of sp³-hybridized carbons (Fsp3) is 0.143. The minimum Gasteiger partial charge on any atom is -0.277 e. The lowest BCUT2D eigenvalue weighted by molar-refractivity contribution is 0.135. The predicted molar refractivity (Wildman–Crippen MR) is 91.5 cm³/mol. The van der Waals surface area contributed by atoms with Crippen molar-refractivity contribution >= 4 is 33.9 Å². The molecule has 0 unspecified atom stereocenters. The summed E-state index contributed by atoms with van der Waals surface area (Å²) in [6, 6.07) is 7.62. The van der Waals surface area contributed by atoms with Crippen LogP contribution in [0.25, 0.3) is 11.3 Å². The van der Waals surface area contributed by atoms with Gasteiger partial charge in [0.15, 0.2) is 0 Å². The number of benzene rings is 1. The molecule has 0 saturated carbocycles. The number of hydrogen-bond acceptors (Lipinski definition) is 5. The molecule has 0 radical (unpaired) electrons. The van der Waals surface area contributed by atoms with E-state index in [0.717, 1.165) is 20.4 Å². The summed E-state index contributed by atoms with van der Waals surface area (Å²) in [4.78, 5) is 0. The van der Waals surface area contributed by atoms with Gasteiger partial charge in [-0.15, -0.1) is 10.2 Å². The van der Waals surface area contributed by atoms with Crippen molar-refractivity contribution in [1.82, 2.24) is 25.1 Å². The fourth-order valence-electron chi connectivity index (χ4n) is 2.01. The molecule has 24 heavy (non-hydrogen) atoms. The lowest BCUT2D eigenvalue weighted by Gasteiger charge is -2.02. The topological polar surface area (TPSA) is 71.8 Å². The van der Waals surface area contributed by atoms with E-state index in [-0.39, 0.29) is 5.16 Å². The van der Waals surface area contributed by atoms with Crippen LogP contribution in [0.4, 0.5) is 8.78 Å². The number of thioether (sulfide) groups is 1. The number of alkyl halides is 2. The van der Waals surface area contributed by atoms with Gasteiger partial charge in [0.2, 0.25) is 11.0 Å². The maximum absolute atomic E-state index is 13.0. The van der Waals surface area contributed by atoms with Gasteiger partial charge in [0.05, 0.1) is 18.1 Å². The molecule has 0 amide bonds. The van der Waals surface area contributed by atoms with Crippen LogP contribution in [-0.2, 0) is 0 Å². The molecule has 124 valence electrons. The van der Waals surface area contributed by atoms with E-state index in [1.54, 1.807) is 12.5 Å². The Morgan fingerprint density at radius 2 is 2.04 bits per heavy atom. The first-order chi connectivity index (χ1) is 11.6. The third-order valence-electron chi connectivity index (χ3n) is 3.13. The van der Waals surface area contributed by atoms with E-state index in [1.165, 1.54) is 18.0 Å². The largest absolute Gasteiger partial charge is 0.299 e. The Balaban J connectivity index is 1.96. The predicted octanol–water partition coefficient (Wildman–Crippen LogP) is 3.97. The monoisotopic (exact) mass is 412 g/mol. The Hall–Kier alpha value is -2.07. The first kappa shape index (κ1) is 16.8. The second kappa shape index (κ2) is 7.22. The third kappa shape index (κ3) is 3.39. The first-order valence-corrected chi connectivity index (χ1v) is 8.73. The van der Waals surface area contributed by atoms with Crippen molar-refractivity contribution < 1.29 is 8.78 Å². The number of halogens is 3. The van der Waals surface area contributed by atoms with Crippen molar-refractivity contribution in [2.75, 3.05) is 6.26 Å². The van der Waals surface area contributed by atoms with Gasteiger partial charge in [-0.25, -0.2) is 8.78 Å². The highest BCUT2D eigenvalue weighted by molar-refractivity contribution is 9.10. The maximum Gasteiger partial charge on any atom is 0.299 e. The number of H-pyrrole nitrogens is 1. The van der Waals surface area contributed by atoms with E-state index >= 15 is 0 Å². The Morgan fingerprint density at radius 3 is 2.71 bits per heavy atom. The fourth-order valence-corrected chi connectivity index (χ4v) is 2.71.